The number of hydrogen-bond donors (Lipinski definition) is 4. The Bertz CT molecular complexity index is 931. The van der Waals surface area contributed by atoms with E-state index < -0.39 is 29.7 Å². The van der Waals surface area contributed by atoms with Gasteiger partial charge in [0.05, 0.1) is 18.3 Å². The first-order chi connectivity index (χ1) is 13.4. The van der Waals surface area contributed by atoms with Gasteiger partial charge in [0, 0.05) is 5.70 Å². The van der Waals surface area contributed by atoms with Crippen molar-refractivity contribution in [1.29, 1.82) is 0 Å². The van der Waals surface area contributed by atoms with Crippen LogP contribution in [0.25, 0.3) is 0 Å². The van der Waals surface area contributed by atoms with Crippen molar-refractivity contribution in [1.82, 2.24) is 10.6 Å². The van der Waals surface area contributed by atoms with Crippen molar-refractivity contribution in [2.75, 3.05) is 11.9 Å². The van der Waals surface area contributed by atoms with E-state index in [2.05, 4.69) is 22.5 Å². The predicted octanol–water partition coefficient (Wildman–Crippen LogP) is 3.05. The Balaban J connectivity index is 1.94. The van der Waals surface area contributed by atoms with Crippen molar-refractivity contribution in [3.05, 3.63) is 66.1 Å². The van der Waals surface area contributed by atoms with Gasteiger partial charge in [0.1, 0.15) is 11.7 Å². The quantitative estimate of drug-likeness (QED) is 0.636. The second-order valence-corrected chi connectivity index (χ2v) is 6.21. The van der Waals surface area contributed by atoms with Crippen molar-refractivity contribution in [3.63, 3.8) is 0 Å². The van der Waals surface area contributed by atoms with Crippen LogP contribution in [0.1, 0.15) is 18.5 Å². The van der Waals surface area contributed by atoms with Gasteiger partial charge in [-0.3, -0.25) is 4.79 Å². The van der Waals surface area contributed by atoms with Crippen LogP contribution in [0.15, 0.2) is 54.7 Å². The fourth-order valence-electron chi connectivity index (χ4n) is 3.04. The average Bonchev–Trinajstić information content (AvgIpc) is 2.65. The third kappa shape index (κ3) is 3.90. The number of halogens is 1. The van der Waals surface area contributed by atoms with E-state index >= 15 is 0 Å². The monoisotopic (exact) mass is 385 g/mol. The molecule has 0 saturated carbocycles. The molecule has 1 aliphatic heterocycles. The lowest BCUT2D eigenvalue weighted by atomic mass is 9.88. The van der Waals surface area contributed by atoms with Crippen LogP contribution in [0.4, 0.5) is 14.9 Å². The molecule has 146 valence electrons. The first-order valence-electron chi connectivity index (χ1n) is 8.68. The summed E-state index contributed by atoms with van der Waals surface area (Å²) in [5.74, 6) is -1.87. The standard InChI is InChI=1S/C20H20FN3O4/c1-3-28-16-10-12(8-9-15(16)25)18-17(11(2)22-20(27)24-18)19(26)23-14-7-5-4-6-13(14)21/h4-10,17-18,25H,2-3H2,1H3,(H,23,26)(H2,22,24,27)/t17-,18-/m0/s1. The third-order valence-corrected chi connectivity index (χ3v) is 4.33. The molecular weight excluding hydrogens is 365 g/mol. The Morgan fingerprint density at radius 1 is 1.32 bits per heavy atom. The highest BCUT2D eigenvalue weighted by Crippen LogP contribution is 2.35. The summed E-state index contributed by atoms with van der Waals surface area (Å²) in [6, 6.07) is 9.02. The van der Waals surface area contributed by atoms with Crippen molar-refractivity contribution in [3.8, 4) is 11.5 Å². The molecule has 1 heterocycles. The van der Waals surface area contributed by atoms with Crippen LogP contribution in [0.5, 0.6) is 11.5 Å². The molecule has 0 bridgehead atoms. The molecule has 0 aromatic heterocycles. The normalized spacial score (nSPS) is 18.8. The molecule has 1 aliphatic rings. The van der Waals surface area contributed by atoms with Gasteiger partial charge in [0.15, 0.2) is 11.5 Å². The van der Waals surface area contributed by atoms with Gasteiger partial charge in [-0.05, 0) is 36.8 Å². The van der Waals surface area contributed by atoms with E-state index in [4.69, 9.17) is 4.74 Å². The minimum Gasteiger partial charge on any atom is -0.504 e. The topological polar surface area (TPSA) is 99.7 Å². The van der Waals surface area contributed by atoms with Crippen LogP contribution in [-0.4, -0.2) is 23.7 Å². The smallest absolute Gasteiger partial charge is 0.319 e. The number of nitrogens with one attached hydrogen (secondary N) is 3. The number of carbonyl (C=O) groups is 2. The molecule has 2 aromatic rings. The van der Waals surface area contributed by atoms with E-state index in [9.17, 15) is 19.1 Å². The number of benzene rings is 2. The molecule has 0 unspecified atom stereocenters. The molecule has 8 heteroatoms. The Morgan fingerprint density at radius 3 is 2.79 bits per heavy atom. The number of aromatic hydroxyl groups is 1. The van der Waals surface area contributed by atoms with Gasteiger partial charge in [-0.2, -0.15) is 0 Å². The number of phenolic OH excluding ortho intramolecular Hbond substituents is 1. The number of urea groups is 1. The number of phenols is 1. The Labute approximate surface area is 161 Å². The van der Waals surface area contributed by atoms with Crippen molar-refractivity contribution >= 4 is 17.6 Å². The number of hydrogen-bond acceptors (Lipinski definition) is 4. The minimum absolute atomic E-state index is 0.0247. The zero-order chi connectivity index (χ0) is 20.3. The maximum Gasteiger partial charge on any atom is 0.319 e. The first kappa shape index (κ1) is 19.2. The van der Waals surface area contributed by atoms with Crippen molar-refractivity contribution in [2.45, 2.75) is 13.0 Å². The lowest BCUT2D eigenvalue weighted by Crippen LogP contribution is -2.51. The van der Waals surface area contributed by atoms with Crippen LogP contribution in [-0.2, 0) is 4.79 Å². The lowest BCUT2D eigenvalue weighted by molar-refractivity contribution is -0.119. The Kier molecular flexibility index (Phi) is 5.49. The highest BCUT2D eigenvalue weighted by molar-refractivity contribution is 5.97. The molecule has 2 atom stereocenters. The molecular formula is C20H20FN3O4. The zero-order valence-corrected chi connectivity index (χ0v) is 15.2. The van der Waals surface area contributed by atoms with E-state index in [1.54, 1.807) is 25.1 Å². The van der Waals surface area contributed by atoms with Gasteiger partial charge in [0.25, 0.3) is 0 Å². The number of amides is 3. The van der Waals surface area contributed by atoms with Crippen LogP contribution in [0.2, 0.25) is 0 Å². The maximum atomic E-state index is 13.9. The summed E-state index contributed by atoms with van der Waals surface area (Å²) in [6.07, 6.45) is 0. The van der Waals surface area contributed by atoms with E-state index in [1.807, 2.05) is 0 Å². The molecule has 1 saturated heterocycles. The lowest BCUT2D eigenvalue weighted by Gasteiger charge is -2.34. The van der Waals surface area contributed by atoms with Crippen LogP contribution < -0.4 is 20.7 Å². The summed E-state index contributed by atoms with van der Waals surface area (Å²) in [6.45, 7) is 5.88. The molecule has 3 rings (SSSR count). The number of para-hydroxylation sites is 1. The second kappa shape index (κ2) is 7.99. The van der Waals surface area contributed by atoms with E-state index in [-0.39, 0.29) is 22.9 Å². The van der Waals surface area contributed by atoms with Gasteiger partial charge in [-0.25, -0.2) is 9.18 Å². The third-order valence-electron chi connectivity index (χ3n) is 4.33. The SMILES string of the molecule is C=C1NC(=O)N[C@@H](c2ccc(O)c(OCC)c2)[C@H]1C(=O)Nc1ccccc1F. The fraction of sp³-hybridized carbons (Fsp3) is 0.200. The predicted molar refractivity (Wildman–Crippen MR) is 101 cm³/mol. The van der Waals surface area contributed by atoms with Gasteiger partial charge in [0.2, 0.25) is 5.91 Å². The second-order valence-electron chi connectivity index (χ2n) is 6.21. The summed E-state index contributed by atoms with van der Waals surface area (Å²) in [4.78, 5) is 24.8. The molecule has 28 heavy (non-hydrogen) atoms. The van der Waals surface area contributed by atoms with Crippen molar-refractivity contribution < 1.29 is 23.8 Å². The van der Waals surface area contributed by atoms with Gasteiger partial charge >= 0.3 is 6.03 Å². The molecule has 0 radical (unpaired) electrons. The summed E-state index contributed by atoms with van der Waals surface area (Å²) >= 11 is 0. The number of anilines is 1. The van der Waals surface area contributed by atoms with Gasteiger partial charge in [-0.15, -0.1) is 0 Å². The number of rotatable bonds is 5. The van der Waals surface area contributed by atoms with E-state index in [1.165, 1.54) is 24.3 Å². The molecule has 0 aliphatic carbocycles. The van der Waals surface area contributed by atoms with Crippen molar-refractivity contribution in [2.24, 2.45) is 5.92 Å². The van der Waals surface area contributed by atoms with Gasteiger partial charge in [-0.1, -0.05) is 24.8 Å². The highest BCUT2D eigenvalue weighted by atomic mass is 19.1. The number of carbonyl (C=O) groups excluding carboxylic acids is 2. The van der Waals surface area contributed by atoms with E-state index in [0.29, 0.717) is 12.2 Å². The molecule has 1 fully saturated rings. The van der Waals surface area contributed by atoms with Crippen LogP contribution in [0, 0.1) is 11.7 Å². The summed E-state index contributed by atoms with van der Waals surface area (Å²) in [7, 11) is 0. The molecule has 0 spiro atoms. The minimum atomic E-state index is -0.920. The molecule has 2 aromatic carbocycles. The maximum absolute atomic E-state index is 13.9. The van der Waals surface area contributed by atoms with E-state index in [0.717, 1.165) is 0 Å². The van der Waals surface area contributed by atoms with Crippen LogP contribution >= 0.6 is 0 Å². The zero-order valence-electron chi connectivity index (χ0n) is 15.2. The molecule has 3 amide bonds. The summed E-state index contributed by atoms with van der Waals surface area (Å²) < 4.78 is 19.3. The summed E-state index contributed by atoms with van der Waals surface area (Å²) in [5, 5.41) is 17.6. The Hall–Kier alpha value is -3.55. The van der Waals surface area contributed by atoms with Crippen LogP contribution in [0.3, 0.4) is 0 Å². The number of ether oxygens (including phenoxy) is 1. The molecule has 4 N–H and O–H groups in total. The Morgan fingerprint density at radius 2 is 2.07 bits per heavy atom. The first-order valence-corrected chi connectivity index (χ1v) is 8.68. The molecule has 7 nitrogen and oxygen atoms in total. The largest absolute Gasteiger partial charge is 0.504 e. The van der Waals surface area contributed by atoms with Gasteiger partial charge < -0.3 is 25.8 Å². The fourth-order valence-corrected chi connectivity index (χ4v) is 3.04. The highest BCUT2D eigenvalue weighted by Gasteiger charge is 2.38. The summed E-state index contributed by atoms with van der Waals surface area (Å²) in [5.41, 5.74) is 0.733. The average molecular weight is 385 g/mol.